The lowest BCUT2D eigenvalue weighted by molar-refractivity contribution is 0.168. The predicted molar refractivity (Wildman–Crippen MR) is 109 cm³/mol. The van der Waals surface area contributed by atoms with Crippen LogP contribution < -0.4 is 10.6 Å². The molecule has 0 aliphatic rings. The lowest BCUT2D eigenvalue weighted by Crippen LogP contribution is -2.38. The molecular formula is C17H24IN3OS. The highest BCUT2D eigenvalue weighted by atomic mass is 127. The predicted octanol–water partition coefficient (Wildman–Crippen LogP) is 3.54. The van der Waals surface area contributed by atoms with Crippen molar-refractivity contribution < 1.29 is 5.11 Å². The van der Waals surface area contributed by atoms with Gasteiger partial charge < -0.3 is 15.7 Å². The van der Waals surface area contributed by atoms with Crippen molar-refractivity contribution in [2.24, 2.45) is 4.99 Å². The van der Waals surface area contributed by atoms with Crippen LogP contribution in [0, 0.1) is 0 Å². The molecule has 0 spiro atoms. The lowest BCUT2D eigenvalue weighted by atomic mass is 10.1. The van der Waals surface area contributed by atoms with Gasteiger partial charge in [-0.3, -0.25) is 0 Å². The number of aliphatic hydroxyl groups excluding tert-OH is 1. The number of thiophene rings is 1. The SMILES string of the molecule is CCNC(=NCc1cccs1)NCCC(O)c1ccccc1.I. The first-order valence-electron chi connectivity index (χ1n) is 7.57. The first kappa shape index (κ1) is 19.9. The lowest BCUT2D eigenvalue weighted by Gasteiger charge is -2.14. The van der Waals surface area contributed by atoms with E-state index in [2.05, 4.69) is 27.1 Å². The number of nitrogens with one attached hydrogen (secondary N) is 2. The molecule has 6 heteroatoms. The molecule has 0 radical (unpaired) electrons. The number of hydrogen-bond donors (Lipinski definition) is 3. The number of nitrogens with zero attached hydrogens (tertiary/aromatic N) is 1. The van der Waals surface area contributed by atoms with Crippen LogP contribution in [-0.2, 0) is 6.54 Å². The Balaban J connectivity index is 0.00000264. The Morgan fingerprint density at radius 2 is 1.96 bits per heavy atom. The minimum atomic E-state index is -0.450. The third kappa shape index (κ3) is 7.32. The van der Waals surface area contributed by atoms with Gasteiger partial charge in [-0.1, -0.05) is 36.4 Å². The van der Waals surface area contributed by atoms with Crippen LogP contribution in [0.4, 0.5) is 0 Å². The maximum Gasteiger partial charge on any atom is 0.191 e. The van der Waals surface area contributed by atoms with Gasteiger partial charge in [-0.25, -0.2) is 4.99 Å². The highest BCUT2D eigenvalue weighted by Crippen LogP contribution is 2.14. The molecule has 0 bridgehead atoms. The molecule has 1 aromatic carbocycles. The van der Waals surface area contributed by atoms with E-state index in [1.54, 1.807) is 11.3 Å². The number of hydrogen-bond acceptors (Lipinski definition) is 3. The molecule has 2 rings (SSSR count). The van der Waals surface area contributed by atoms with E-state index in [9.17, 15) is 5.11 Å². The summed E-state index contributed by atoms with van der Waals surface area (Å²) in [6.07, 6.45) is 0.196. The van der Waals surface area contributed by atoms with Crippen LogP contribution in [0.3, 0.4) is 0 Å². The average Bonchev–Trinajstić information content (AvgIpc) is 3.06. The van der Waals surface area contributed by atoms with Crippen LogP contribution >= 0.6 is 35.3 Å². The van der Waals surface area contributed by atoms with Gasteiger partial charge in [0, 0.05) is 18.0 Å². The van der Waals surface area contributed by atoms with E-state index < -0.39 is 6.10 Å². The molecule has 0 aliphatic carbocycles. The Kier molecular flexibility index (Phi) is 9.89. The molecule has 1 atom stereocenters. The normalized spacial score (nSPS) is 12.3. The first-order valence-corrected chi connectivity index (χ1v) is 8.45. The molecule has 1 heterocycles. The molecule has 1 unspecified atom stereocenters. The van der Waals surface area contributed by atoms with Gasteiger partial charge in [0.2, 0.25) is 0 Å². The molecule has 0 aliphatic heterocycles. The third-order valence-corrected chi connectivity index (χ3v) is 4.07. The van der Waals surface area contributed by atoms with Crippen LogP contribution in [0.15, 0.2) is 52.8 Å². The van der Waals surface area contributed by atoms with Gasteiger partial charge in [0.1, 0.15) is 0 Å². The van der Waals surface area contributed by atoms with Crippen LogP contribution in [0.5, 0.6) is 0 Å². The van der Waals surface area contributed by atoms with Gasteiger partial charge in [0.25, 0.3) is 0 Å². The molecule has 2 aromatic rings. The molecule has 4 nitrogen and oxygen atoms in total. The van der Waals surface area contributed by atoms with E-state index in [1.807, 2.05) is 43.3 Å². The number of halogens is 1. The first-order chi connectivity index (χ1) is 10.8. The largest absolute Gasteiger partial charge is 0.388 e. The number of aliphatic hydroxyl groups is 1. The summed E-state index contributed by atoms with van der Waals surface area (Å²) in [5.41, 5.74) is 0.949. The standard InChI is InChI=1S/C17H23N3OS.HI/c1-2-18-17(20-13-15-9-6-12-22-15)19-11-10-16(21)14-7-4-3-5-8-14;/h3-9,12,16,21H,2,10-11,13H2,1H3,(H2,18,19,20);1H. The summed E-state index contributed by atoms with van der Waals surface area (Å²) in [7, 11) is 0. The van der Waals surface area contributed by atoms with Crippen molar-refractivity contribution in [3.05, 3.63) is 58.3 Å². The monoisotopic (exact) mass is 445 g/mol. The number of aliphatic imine (C=N–C) groups is 1. The number of guanidine groups is 1. The van der Waals surface area contributed by atoms with Crippen molar-refractivity contribution in [3.8, 4) is 0 Å². The van der Waals surface area contributed by atoms with E-state index in [1.165, 1.54) is 4.88 Å². The highest BCUT2D eigenvalue weighted by Gasteiger charge is 2.06. The maximum absolute atomic E-state index is 10.1. The van der Waals surface area contributed by atoms with Crippen molar-refractivity contribution >= 4 is 41.3 Å². The van der Waals surface area contributed by atoms with Crippen molar-refractivity contribution in [2.75, 3.05) is 13.1 Å². The maximum atomic E-state index is 10.1. The van der Waals surface area contributed by atoms with Gasteiger partial charge >= 0.3 is 0 Å². The van der Waals surface area contributed by atoms with Gasteiger partial charge in [-0.15, -0.1) is 35.3 Å². The van der Waals surface area contributed by atoms with Gasteiger partial charge in [0.05, 0.1) is 12.6 Å². The van der Waals surface area contributed by atoms with Crippen LogP contribution in [0.2, 0.25) is 0 Å². The summed E-state index contributed by atoms with van der Waals surface area (Å²) in [5, 5.41) is 18.7. The molecular weight excluding hydrogens is 421 g/mol. The van der Waals surface area contributed by atoms with E-state index in [0.717, 1.165) is 18.1 Å². The van der Waals surface area contributed by atoms with Crippen LogP contribution in [-0.4, -0.2) is 24.2 Å². The van der Waals surface area contributed by atoms with Crippen molar-refractivity contribution in [3.63, 3.8) is 0 Å². The number of benzene rings is 1. The zero-order chi connectivity index (χ0) is 15.6. The fourth-order valence-corrected chi connectivity index (χ4v) is 2.70. The Hall–Kier alpha value is -1.12. The zero-order valence-corrected chi connectivity index (χ0v) is 16.4. The van der Waals surface area contributed by atoms with E-state index in [4.69, 9.17) is 0 Å². The topological polar surface area (TPSA) is 56.7 Å². The second-order valence-corrected chi connectivity index (χ2v) is 5.95. The van der Waals surface area contributed by atoms with Crippen LogP contribution in [0.1, 0.15) is 29.9 Å². The summed E-state index contributed by atoms with van der Waals surface area (Å²) in [5.74, 6) is 0.788. The van der Waals surface area contributed by atoms with Gasteiger partial charge in [-0.05, 0) is 30.4 Å². The van der Waals surface area contributed by atoms with E-state index >= 15 is 0 Å². The molecule has 0 amide bonds. The van der Waals surface area contributed by atoms with E-state index in [0.29, 0.717) is 19.5 Å². The molecule has 0 saturated carbocycles. The molecule has 23 heavy (non-hydrogen) atoms. The van der Waals surface area contributed by atoms with E-state index in [-0.39, 0.29) is 24.0 Å². The Morgan fingerprint density at radius 1 is 1.17 bits per heavy atom. The van der Waals surface area contributed by atoms with Crippen LogP contribution in [0.25, 0.3) is 0 Å². The second kappa shape index (κ2) is 11.4. The molecule has 1 aromatic heterocycles. The average molecular weight is 445 g/mol. The highest BCUT2D eigenvalue weighted by molar-refractivity contribution is 14.0. The van der Waals surface area contributed by atoms with Crippen molar-refractivity contribution in [1.82, 2.24) is 10.6 Å². The Morgan fingerprint density at radius 3 is 2.61 bits per heavy atom. The minimum Gasteiger partial charge on any atom is -0.388 e. The fourth-order valence-electron chi connectivity index (χ4n) is 2.07. The second-order valence-electron chi connectivity index (χ2n) is 4.92. The molecule has 126 valence electrons. The number of rotatable bonds is 7. The van der Waals surface area contributed by atoms with Crippen molar-refractivity contribution in [1.29, 1.82) is 0 Å². The zero-order valence-electron chi connectivity index (χ0n) is 13.2. The summed E-state index contributed by atoms with van der Waals surface area (Å²) in [6, 6.07) is 13.8. The molecule has 3 N–H and O–H groups in total. The van der Waals surface area contributed by atoms with Gasteiger partial charge in [-0.2, -0.15) is 0 Å². The van der Waals surface area contributed by atoms with Gasteiger partial charge in [0.15, 0.2) is 5.96 Å². The summed E-state index contributed by atoms with van der Waals surface area (Å²) in [6.45, 7) is 4.21. The minimum absolute atomic E-state index is 0. The fraction of sp³-hybridized carbons (Fsp3) is 0.353. The van der Waals surface area contributed by atoms with Crippen molar-refractivity contribution in [2.45, 2.75) is 26.0 Å². The summed E-state index contributed by atoms with van der Waals surface area (Å²) >= 11 is 1.71. The smallest absolute Gasteiger partial charge is 0.191 e. The summed E-state index contributed by atoms with van der Waals surface area (Å²) in [4.78, 5) is 5.79. The Labute approximate surface area is 159 Å². The summed E-state index contributed by atoms with van der Waals surface area (Å²) < 4.78 is 0. The molecule has 0 saturated heterocycles. The quantitative estimate of drug-likeness (QED) is 0.347. The molecule has 0 fully saturated rings. The Bertz CT molecular complexity index is 560. The third-order valence-electron chi connectivity index (χ3n) is 3.21.